The summed E-state index contributed by atoms with van der Waals surface area (Å²) < 4.78 is 0. The van der Waals surface area contributed by atoms with E-state index >= 15 is 0 Å². The number of carbonyl (C=O) groups excluding carboxylic acids is 1. The average Bonchev–Trinajstić information content (AvgIpc) is 2.34. The predicted molar refractivity (Wildman–Crippen MR) is 74.3 cm³/mol. The van der Waals surface area contributed by atoms with Gasteiger partial charge in [-0.25, -0.2) is 0 Å². The van der Waals surface area contributed by atoms with Crippen LogP contribution in [0.1, 0.15) is 42.1 Å². The van der Waals surface area contributed by atoms with Crippen LogP contribution in [-0.2, 0) is 5.41 Å². The zero-order valence-electron chi connectivity index (χ0n) is 10.8. The second-order valence-corrected chi connectivity index (χ2v) is 5.59. The van der Waals surface area contributed by atoms with Crippen molar-refractivity contribution in [2.75, 3.05) is 0 Å². The molecule has 1 aliphatic rings. The SMILES string of the molecule is CC1(c2ccc3cc(C(N)=O)c(=O)[nH]c3c2)CCC1. The van der Waals surface area contributed by atoms with Gasteiger partial charge in [0, 0.05) is 5.52 Å². The number of hydrogen-bond acceptors (Lipinski definition) is 2. The predicted octanol–water partition coefficient (Wildman–Crippen LogP) is 2.07. The molecule has 0 aliphatic heterocycles. The fourth-order valence-electron chi connectivity index (χ4n) is 2.76. The maximum absolute atomic E-state index is 11.8. The van der Waals surface area contributed by atoms with Crippen molar-refractivity contribution < 1.29 is 4.79 Å². The second-order valence-electron chi connectivity index (χ2n) is 5.59. The van der Waals surface area contributed by atoms with E-state index < -0.39 is 11.5 Å². The molecule has 3 N–H and O–H groups in total. The average molecular weight is 256 g/mol. The van der Waals surface area contributed by atoms with Crippen molar-refractivity contribution >= 4 is 16.8 Å². The van der Waals surface area contributed by atoms with Crippen LogP contribution in [0.3, 0.4) is 0 Å². The van der Waals surface area contributed by atoms with Crippen LogP contribution in [0.4, 0.5) is 0 Å². The molecular formula is C15H16N2O2. The number of H-pyrrole nitrogens is 1. The minimum Gasteiger partial charge on any atom is -0.365 e. The molecule has 3 rings (SSSR count). The normalized spacial score (nSPS) is 17.1. The Morgan fingerprint density at radius 3 is 2.63 bits per heavy atom. The van der Waals surface area contributed by atoms with E-state index in [1.54, 1.807) is 6.07 Å². The van der Waals surface area contributed by atoms with Crippen LogP contribution in [0.15, 0.2) is 29.1 Å². The number of aromatic amines is 1. The molecule has 4 nitrogen and oxygen atoms in total. The summed E-state index contributed by atoms with van der Waals surface area (Å²) in [6.45, 7) is 2.24. The maximum Gasteiger partial charge on any atom is 0.261 e. The fourth-order valence-corrected chi connectivity index (χ4v) is 2.76. The minimum absolute atomic E-state index is 0.00936. The number of amides is 1. The zero-order valence-corrected chi connectivity index (χ0v) is 10.8. The Morgan fingerprint density at radius 1 is 1.32 bits per heavy atom. The molecule has 0 unspecified atom stereocenters. The molecule has 0 radical (unpaired) electrons. The zero-order chi connectivity index (χ0) is 13.6. The molecule has 0 spiro atoms. The summed E-state index contributed by atoms with van der Waals surface area (Å²) in [5.41, 5.74) is 7.00. The number of rotatable bonds is 2. The summed E-state index contributed by atoms with van der Waals surface area (Å²) in [5.74, 6) is -0.696. The molecule has 1 aromatic heterocycles. The standard InChI is InChI=1S/C15H16N2O2/c1-15(5-2-6-15)10-4-3-9-7-11(13(16)18)14(19)17-12(9)8-10/h3-4,7-8H,2,5-6H2,1H3,(H2,16,18)(H,17,19). The van der Waals surface area contributed by atoms with Crippen molar-refractivity contribution in [1.82, 2.24) is 4.98 Å². The smallest absolute Gasteiger partial charge is 0.261 e. The molecule has 1 aromatic carbocycles. The van der Waals surface area contributed by atoms with E-state index in [9.17, 15) is 9.59 Å². The number of nitrogens with two attached hydrogens (primary N) is 1. The Morgan fingerprint density at radius 2 is 2.05 bits per heavy atom. The second kappa shape index (κ2) is 3.95. The van der Waals surface area contributed by atoms with Gasteiger partial charge in [0.15, 0.2) is 0 Å². The van der Waals surface area contributed by atoms with Crippen LogP contribution in [0.25, 0.3) is 10.9 Å². The minimum atomic E-state index is -0.696. The van der Waals surface area contributed by atoms with E-state index in [4.69, 9.17) is 5.73 Å². The molecule has 4 heteroatoms. The lowest BCUT2D eigenvalue weighted by Gasteiger charge is -2.39. The van der Waals surface area contributed by atoms with E-state index in [-0.39, 0.29) is 11.0 Å². The molecular weight excluding hydrogens is 240 g/mol. The van der Waals surface area contributed by atoms with Crippen LogP contribution in [-0.4, -0.2) is 10.9 Å². The van der Waals surface area contributed by atoms with E-state index in [1.807, 2.05) is 12.1 Å². The summed E-state index contributed by atoms with van der Waals surface area (Å²) in [6, 6.07) is 7.59. The van der Waals surface area contributed by atoms with Crippen LogP contribution in [0.5, 0.6) is 0 Å². The molecule has 0 atom stereocenters. The van der Waals surface area contributed by atoms with Gasteiger partial charge in [0.05, 0.1) is 0 Å². The maximum atomic E-state index is 11.8. The Hall–Kier alpha value is -2.10. The third-order valence-electron chi connectivity index (χ3n) is 4.27. The fraction of sp³-hybridized carbons (Fsp3) is 0.333. The largest absolute Gasteiger partial charge is 0.365 e. The first-order valence-corrected chi connectivity index (χ1v) is 6.47. The summed E-state index contributed by atoms with van der Waals surface area (Å²) in [5, 5.41) is 0.833. The van der Waals surface area contributed by atoms with Gasteiger partial charge in [-0.05, 0) is 41.3 Å². The first-order valence-electron chi connectivity index (χ1n) is 6.47. The third kappa shape index (κ3) is 1.84. The first-order chi connectivity index (χ1) is 8.99. The number of hydrogen-bond donors (Lipinski definition) is 2. The van der Waals surface area contributed by atoms with Crippen LogP contribution >= 0.6 is 0 Å². The lowest BCUT2D eigenvalue weighted by molar-refractivity contribution is 0.0999. The number of pyridine rings is 1. The van der Waals surface area contributed by atoms with Gasteiger partial charge in [-0.15, -0.1) is 0 Å². The number of nitrogens with one attached hydrogen (secondary N) is 1. The highest BCUT2D eigenvalue weighted by molar-refractivity contribution is 5.96. The van der Waals surface area contributed by atoms with E-state index in [0.717, 1.165) is 10.9 Å². The van der Waals surface area contributed by atoms with E-state index in [2.05, 4.69) is 18.0 Å². The van der Waals surface area contributed by atoms with Crippen molar-refractivity contribution in [2.24, 2.45) is 5.73 Å². The molecule has 1 aliphatic carbocycles. The van der Waals surface area contributed by atoms with Crippen LogP contribution in [0, 0.1) is 0 Å². The van der Waals surface area contributed by atoms with Gasteiger partial charge >= 0.3 is 0 Å². The van der Waals surface area contributed by atoms with Crippen molar-refractivity contribution in [3.05, 3.63) is 45.7 Å². The Kier molecular flexibility index (Phi) is 2.49. The van der Waals surface area contributed by atoms with Crippen molar-refractivity contribution in [1.29, 1.82) is 0 Å². The number of fused-ring (bicyclic) bond motifs is 1. The lowest BCUT2D eigenvalue weighted by atomic mass is 9.66. The number of benzene rings is 1. The summed E-state index contributed by atoms with van der Waals surface area (Å²) in [6.07, 6.45) is 3.62. The van der Waals surface area contributed by atoms with E-state index in [1.165, 1.54) is 24.8 Å². The molecule has 19 heavy (non-hydrogen) atoms. The number of carbonyl (C=O) groups is 1. The molecule has 1 amide bonds. The van der Waals surface area contributed by atoms with Gasteiger partial charge in [0.2, 0.25) is 0 Å². The molecule has 1 saturated carbocycles. The molecule has 2 aromatic rings. The van der Waals surface area contributed by atoms with Crippen molar-refractivity contribution in [3.8, 4) is 0 Å². The molecule has 0 bridgehead atoms. The van der Waals surface area contributed by atoms with Gasteiger partial charge in [-0.1, -0.05) is 25.5 Å². The summed E-state index contributed by atoms with van der Waals surface area (Å²) in [4.78, 5) is 25.7. The highest BCUT2D eigenvalue weighted by Crippen LogP contribution is 2.43. The number of primary amides is 1. The van der Waals surface area contributed by atoms with Crippen LogP contribution < -0.4 is 11.3 Å². The lowest BCUT2D eigenvalue weighted by Crippen LogP contribution is -2.30. The Labute approximate surface area is 110 Å². The third-order valence-corrected chi connectivity index (χ3v) is 4.27. The van der Waals surface area contributed by atoms with E-state index in [0.29, 0.717) is 0 Å². The summed E-state index contributed by atoms with van der Waals surface area (Å²) in [7, 11) is 0. The van der Waals surface area contributed by atoms with Crippen molar-refractivity contribution in [3.63, 3.8) is 0 Å². The van der Waals surface area contributed by atoms with Crippen molar-refractivity contribution in [2.45, 2.75) is 31.6 Å². The monoisotopic (exact) mass is 256 g/mol. The summed E-state index contributed by atoms with van der Waals surface area (Å²) >= 11 is 0. The Balaban J connectivity index is 2.17. The quantitative estimate of drug-likeness (QED) is 0.863. The van der Waals surface area contributed by atoms with Gasteiger partial charge in [-0.2, -0.15) is 0 Å². The Bertz CT molecular complexity index is 726. The molecule has 1 fully saturated rings. The molecule has 98 valence electrons. The molecule has 0 saturated heterocycles. The van der Waals surface area contributed by atoms with Gasteiger partial charge in [-0.3, -0.25) is 9.59 Å². The highest BCUT2D eigenvalue weighted by Gasteiger charge is 2.33. The first kappa shape index (κ1) is 12.0. The van der Waals surface area contributed by atoms with Gasteiger partial charge < -0.3 is 10.7 Å². The topological polar surface area (TPSA) is 76.0 Å². The van der Waals surface area contributed by atoms with Gasteiger partial charge in [0.25, 0.3) is 11.5 Å². The van der Waals surface area contributed by atoms with Crippen LogP contribution in [0.2, 0.25) is 0 Å². The highest BCUT2D eigenvalue weighted by atomic mass is 16.2. The molecule has 1 heterocycles. The van der Waals surface area contributed by atoms with Gasteiger partial charge in [0.1, 0.15) is 5.56 Å². The number of aromatic nitrogens is 1.